The lowest BCUT2D eigenvalue weighted by molar-refractivity contribution is -0.0893. The summed E-state index contributed by atoms with van der Waals surface area (Å²) in [5, 5.41) is 17.0. The van der Waals surface area contributed by atoms with Gasteiger partial charge in [0.25, 0.3) is 0 Å². The first kappa shape index (κ1) is 24.0. The molecule has 0 aliphatic carbocycles. The van der Waals surface area contributed by atoms with E-state index < -0.39 is 11.2 Å². The maximum Gasteiger partial charge on any atom is 0.331 e. The molecule has 4 nitrogen and oxygen atoms in total. The monoisotopic (exact) mass is 511 g/mol. The lowest BCUT2D eigenvalue weighted by Crippen LogP contribution is -2.49. The molecule has 0 spiro atoms. The minimum absolute atomic E-state index is 0.776. The molecule has 191 valence electrons. The van der Waals surface area contributed by atoms with Gasteiger partial charge in [0.1, 0.15) is 22.3 Å². The highest BCUT2D eigenvalue weighted by molar-refractivity contribution is 6.52. The number of fused-ring (bicyclic) bond motifs is 8. The summed E-state index contributed by atoms with van der Waals surface area (Å²) in [7, 11) is 1.73. The van der Waals surface area contributed by atoms with E-state index in [-0.39, 0.29) is 0 Å². The van der Waals surface area contributed by atoms with Crippen LogP contribution in [0.1, 0.15) is 27.7 Å². The van der Waals surface area contributed by atoms with Crippen LogP contribution in [-0.4, -0.2) is 23.8 Å². The Bertz CT molecular complexity index is 2040. The molecule has 0 fully saturated rings. The molecule has 5 aromatic carbocycles. The maximum atomic E-state index is 10.6. The van der Waals surface area contributed by atoms with E-state index in [9.17, 15) is 5.11 Å². The molecule has 0 saturated heterocycles. The molecule has 2 aromatic heterocycles. The topological polar surface area (TPSA) is 55.7 Å². The van der Waals surface area contributed by atoms with Crippen LogP contribution in [0.5, 0.6) is 0 Å². The van der Waals surface area contributed by atoms with Crippen molar-refractivity contribution in [1.29, 1.82) is 0 Å². The fourth-order valence-electron chi connectivity index (χ4n) is 5.27. The van der Waals surface area contributed by atoms with Gasteiger partial charge >= 0.3 is 7.48 Å². The van der Waals surface area contributed by atoms with E-state index in [1.165, 1.54) is 0 Å². The second-order valence-corrected chi connectivity index (χ2v) is 11.3. The minimum atomic E-state index is -1.01. The first-order valence-corrected chi connectivity index (χ1v) is 13.2. The molecule has 1 N–H and O–H groups in total. The molecule has 0 saturated carbocycles. The lowest BCUT2D eigenvalue weighted by Gasteiger charge is -2.37. The van der Waals surface area contributed by atoms with Crippen LogP contribution in [0.15, 0.2) is 99.8 Å². The summed E-state index contributed by atoms with van der Waals surface area (Å²) in [4.78, 5) is 0. The molecule has 0 unspecified atom stereocenters. The zero-order chi connectivity index (χ0) is 26.9. The minimum Gasteiger partial charge on any atom is -0.456 e. The average Bonchev–Trinajstić information content (AvgIpc) is 3.49. The number of benzene rings is 5. The number of aliphatic hydroxyl groups is 1. The summed E-state index contributed by atoms with van der Waals surface area (Å²) in [5.74, 6) is 0. The summed E-state index contributed by atoms with van der Waals surface area (Å²) in [6.45, 7) is 7.27. The van der Waals surface area contributed by atoms with Crippen LogP contribution >= 0.6 is 0 Å². The van der Waals surface area contributed by atoms with Crippen molar-refractivity contribution < 1.29 is 18.6 Å². The van der Waals surface area contributed by atoms with Gasteiger partial charge in [0.2, 0.25) is 0 Å². The molecule has 0 aliphatic rings. The fourth-order valence-corrected chi connectivity index (χ4v) is 5.27. The van der Waals surface area contributed by atoms with Crippen LogP contribution in [0.2, 0.25) is 0 Å². The highest BCUT2D eigenvalue weighted by atomic mass is 16.5. The van der Waals surface area contributed by atoms with E-state index in [0.29, 0.717) is 0 Å². The van der Waals surface area contributed by atoms with Crippen molar-refractivity contribution in [1.82, 2.24) is 0 Å². The predicted octanol–water partition coefficient (Wildman–Crippen LogP) is 8.12. The van der Waals surface area contributed by atoms with Crippen LogP contribution in [0.4, 0.5) is 0 Å². The molecule has 0 aliphatic heterocycles. The van der Waals surface area contributed by atoms with Gasteiger partial charge < -0.3 is 18.6 Å². The van der Waals surface area contributed by atoms with E-state index in [0.717, 1.165) is 71.2 Å². The number of hydrogen-bond acceptors (Lipinski definition) is 4. The Kier molecular flexibility index (Phi) is 5.22. The molecule has 1 radical (unpaired) electrons. The lowest BCUT2D eigenvalue weighted by atomic mass is 9.80. The average molecular weight is 511 g/mol. The van der Waals surface area contributed by atoms with Crippen molar-refractivity contribution in [3.05, 3.63) is 91.0 Å². The van der Waals surface area contributed by atoms with Crippen LogP contribution in [0.25, 0.3) is 65.8 Å². The van der Waals surface area contributed by atoms with Crippen LogP contribution < -0.4 is 5.46 Å². The van der Waals surface area contributed by atoms with Gasteiger partial charge in [0.15, 0.2) is 0 Å². The summed E-state index contributed by atoms with van der Waals surface area (Å²) in [6.07, 6.45) is 0. The third-order valence-corrected chi connectivity index (χ3v) is 8.18. The third kappa shape index (κ3) is 3.76. The van der Waals surface area contributed by atoms with E-state index >= 15 is 0 Å². The molecule has 5 heteroatoms. The molecule has 0 amide bonds. The number of rotatable bonds is 5. The van der Waals surface area contributed by atoms with Crippen molar-refractivity contribution in [2.45, 2.75) is 38.9 Å². The fraction of sp³-hybridized carbons (Fsp3) is 0.176. The Labute approximate surface area is 227 Å². The quantitative estimate of drug-likeness (QED) is 0.237. The zero-order valence-corrected chi connectivity index (χ0v) is 22.4. The van der Waals surface area contributed by atoms with Gasteiger partial charge in [-0.05, 0) is 80.0 Å². The Morgan fingerprint density at radius 1 is 0.667 bits per heavy atom. The van der Waals surface area contributed by atoms with Crippen LogP contribution in [0, 0.1) is 0 Å². The standard InChI is InChI=1S/C34H28BO4/c1-33(2,36)34(3,4)39-35-26-12-8-14-29-31(26)25-19-21(16-18-27(25)37-29)22-11-7-13-28-30(22)24-17-15-20-9-5-6-10-23(20)32(24)38-28/h5-19,36H,1-4H3. The van der Waals surface area contributed by atoms with Gasteiger partial charge in [-0.25, -0.2) is 0 Å². The molecular weight excluding hydrogens is 483 g/mol. The SMILES string of the molecule is CC(C)(O)C(C)(C)O[B]c1cccc2oc3ccc(-c4cccc5oc6c7ccccc7ccc6c45)cc3c12. The summed E-state index contributed by atoms with van der Waals surface area (Å²) >= 11 is 0. The van der Waals surface area contributed by atoms with Crippen LogP contribution in [0.3, 0.4) is 0 Å². The number of hydrogen-bond donors (Lipinski definition) is 1. The van der Waals surface area contributed by atoms with Gasteiger partial charge in [-0.15, -0.1) is 0 Å². The molecule has 2 heterocycles. The Morgan fingerprint density at radius 2 is 1.44 bits per heavy atom. The summed E-state index contributed by atoms with van der Waals surface area (Å²) in [5.41, 5.74) is 4.69. The van der Waals surface area contributed by atoms with Gasteiger partial charge in [-0.3, -0.25) is 0 Å². The smallest absolute Gasteiger partial charge is 0.331 e. The van der Waals surface area contributed by atoms with Gasteiger partial charge in [-0.2, -0.15) is 0 Å². The van der Waals surface area contributed by atoms with Gasteiger partial charge in [0, 0.05) is 26.9 Å². The second kappa shape index (κ2) is 8.47. The summed E-state index contributed by atoms with van der Waals surface area (Å²) in [6, 6.07) is 31.2. The van der Waals surface area contributed by atoms with Gasteiger partial charge in [-0.1, -0.05) is 60.7 Å². The molecule has 7 rings (SSSR count). The highest BCUT2D eigenvalue weighted by Gasteiger charge is 2.36. The second-order valence-electron chi connectivity index (χ2n) is 11.3. The zero-order valence-electron chi connectivity index (χ0n) is 22.4. The van der Waals surface area contributed by atoms with Gasteiger partial charge in [0.05, 0.1) is 11.2 Å². The van der Waals surface area contributed by atoms with E-state index in [1.54, 1.807) is 21.3 Å². The first-order chi connectivity index (χ1) is 18.7. The molecule has 7 aromatic rings. The molecule has 0 bridgehead atoms. The first-order valence-electron chi connectivity index (χ1n) is 13.2. The van der Waals surface area contributed by atoms with Crippen molar-refractivity contribution in [2.24, 2.45) is 0 Å². The Morgan fingerprint density at radius 3 is 2.26 bits per heavy atom. The Hall–Kier alpha value is -4.06. The molecular formula is C34H28BO4. The van der Waals surface area contributed by atoms with Crippen molar-refractivity contribution in [2.75, 3.05) is 0 Å². The number of furan rings is 2. The summed E-state index contributed by atoms with van der Waals surface area (Å²) < 4.78 is 18.8. The van der Waals surface area contributed by atoms with E-state index in [4.69, 9.17) is 13.5 Å². The van der Waals surface area contributed by atoms with Crippen molar-refractivity contribution in [3.8, 4) is 11.1 Å². The third-order valence-electron chi connectivity index (χ3n) is 8.18. The normalized spacial score (nSPS) is 12.8. The van der Waals surface area contributed by atoms with Crippen molar-refractivity contribution in [3.63, 3.8) is 0 Å². The van der Waals surface area contributed by atoms with Crippen molar-refractivity contribution >= 4 is 67.6 Å². The molecule has 39 heavy (non-hydrogen) atoms. The van der Waals surface area contributed by atoms with E-state index in [2.05, 4.69) is 54.6 Å². The Balaban J connectivity index is 1.41. The highest BCUT2D eigenvalue weighted by Crippen LogP contribution is 2.41. The van der Waals surface area contributed by atoms with Crippen LogP contribution in [-0.2, 0) is 4.65 Å². The molecule has 0 atom stereocenters. The largest absolute Gasteiger partial charge is 0.456 e. The van der Waals surface area contributed by atoms with E-state index in [1.807, 2.05) is 50.2 Å². The maximum absolute atomic E-state index is 10.6. The predicted molar refractivity (Wildman–Crippen MR) is 161 cm³/mol.